The van der Waals surface area contributed by atoms with Crippen molar-refractivity contribution in [1.82, 2.24) is 0 Å². The van der Waals surface area contributed by atoms with Gasteiger partial charge in [-0.3, -0.25) is 0 Å². The molecule has 0 spiro atoms. The predicted molar refractivity (Wildman–Crippen MR) is 49.9 cm³/mol. The minimum absolute atomic E-state index is 0.493. The molecule has 4 nitrogen and oxygen atoms in total. The summed E-state index contributed by atoms with van der Waals surface area (Å²) in [4.78, 5) is 0. The van der Waals surface area contributed by atoms with Crippen LogP contribution in [0.25, 0.3) is 0 Å². The lowest BCUT2D eigenvalue weighted by atomic mass is 15.7. The van der Waals surface area contributed by atoms with Gasteiger partial charge in [0.1, 0.15) is 21.0 Å². The highest BCUT2D eigenvalue weighted by atomic mass is 28.4. The Kier molecular flexibility index (Phi) is 9.84. The Labute approximate surface area is 67.9 Å². The molecule has 0 atom stereocenters. The molecule has 9 heavy (non-hydrogen) atoms. The van der Waals surface area contributed by atoms with Crippen LogP contribution in [0.3, 0.4) is 0 Å². The maximum Gasteiger partial charge on any atom is 0.286 e. The average Bonchev–Trinajstić information content (AvgIpc) is 1.93. The van der Waals surface area contributed by atoms with E-state index in [0.717, 1.165) is 21.0 Å². The molecule has 0 amide bonds. The maximum absolute atomic E-state index is 4.94. The summed E-state index contributed by atoms with van der Waals surface area (Å²) >= 11 is 0. The number of rotatable bonds is 0. The molecule has 0 aromatic carbocycles. The van der Waals surface area contributed by atoms with Gasteiger partial charge in [-0.15, -0.1) is 0 Å². The van der Waals surface area contributed by atoms with Crippen molar-refractivity contribution in [3.05, 3.63) is 0 Å². The summed E-state index contributed by atoms with van der Waals surface area (Å²) in [6.45, 7) is 0. The van der Waals surface area contributed by atoms with E-state index in [2.05, 4.69) is 4.12 Å². The zero-order valence-electron chi connectivity index (χ0n) is 5.75. The normalized spacial score (nSPS) is 26.7. The van der Waals surface area contributed by atoms with Gasteiger partial charge in [-0.1, -0.05) is 0 Å². The van der Waals surface area contributed by atoms with E-state index in [1.807, 2.05) is 0 Å². The van der Waals surface area contributed by atoms with Gasteiger partial charge >= 0.3 is 0 Å². The molecule has 1 aliphatic rings. The maximum atomic E-state index is 4.94. The topological polar surface area (TPSA) is 36.9 Å². The van der Waals surface area contributed by atoms with Gasteiger partial charge in [0.15, 0.2) is 0 Å². The Morgan fingerprint density at radius 1 is 0.889 bits per heavy atom. The van der Waals surface area contributed by atoms with Gasteiger partial charge in [0.05, 0.1) is 0 Å². The SMILES string of the molecule is O1[SiH2]O[SiH2]O[SiH2]1.[SiH3]O[SiH3]. The second-order valence-corrected chi connectivity index (χ2v) is 10.2. The summed E-state index contributed by atoms with van der Waals surface area (Å²) in [5, 5.41) is 0. The lowest BCUT2D eigenvalue weighted by Gasteiger charge is -2.10. The van der Waals surface area contributed by atoms with Crippen molar-refractivity contribution in [3.8, 4) is 0 Å². The molecule has 9 heteroatoms. The molecule has 0 bridgehead atoms. The summed E-state index contributed by atoms with van der Waals surface area (Å²) in [5.74, 6) is 0. The average molecular weight is 217 g/mol. The standard InChI is InChI=1S/H6O3Si3.H6OSi2/c1-4-2-6-3-5-1;2-1-3/h4-6H2;2-3H3. The van der Waals surface area contributed by atoms with Crippen molar-refractivity contribution in [1.29, 1.82) is 0 Å². The van der Waals surface area contributed by atoms with Crippen LogP contribution in [0.4, 0.5) is 0 Å². The molecule has 1 saturated heterocycles. The van der Waals surface area contributed by atoms with E-state index in [9.17, 15) is 0 Å². The fourth-order valence-corrected chi connectivity index (χ4v) is 5.69. The summed E-state index contributed by atoms with van der Waals surface area (Å²) in [5.41, 5.74) is 0. The van der Waals surface area contributed by atoms with E-state index >= 15 is 0 Å². The van der Waals surface area contributed by atoms with Crippen molar-refractivity contribution >= 4 is 51.0 Å². The Bertz CT molecular complexity index is 32.7. The molecule has 0 aromatic rings. The fourth-order valence-electron chi connectivity index (χ4n) is 0.279. The molecule has 0 aromatic heterocycles. The number of hydrogen-bond acceptors (Lipinski definition) is 4. The molecule has 0 saturated carbocycles. The summed E-state index contributed by atoms with van der Waals surface area (Å²) in [6.07, 6.45) is 0. The van der Waals surface area contributed by atoms with Gasteiger partial charge in [-0.2, -0.15) is 0 Å². The first kappa shape index (κ1) is 9.92. The first-order valence-electron chi connectivity index (χ1n) is 2.55. The van der Waals surface area contributed by atoms with Crippen molar-refractivity contribution < 1.29 is 16.5 Å². The second-order valence-electron chi connectivity index (χ2n) is 1.37. The lowest BCUT2D eigenvalue weighted by Crippen LogP contribution is -2.23. The number of hydrogen-bond donors (Lipinski definition) is 0. The molecular weight excluding hydrogens is 204 g/mol. The van der Waals surface area contributed by atoms with E-state index in [4.69, 9.17) is 12.3 Å². The van der Waals surface area contributed by atoms with Crippen LogP contribution >= 0.6 is 0 Å². The first-order valence-corrected chi connectivity index (χ1v) is 7.65. The lowest BCUT2D eigenvalue weighted by molar-refractivity contribution is 0.347. The predicted octanol–water partition coefficient (Wildman–Crippen LogP) is -5.39. The van der Waals surface area contributed by atoms with Gasteiger partial charge in [0, 0.05) is 0 Å². The van der Waals surface area contributed by atoms with Crippen LogP contribution < -0.4 is 0 Å². The van der Waals surface area contributed by atoms with Crippen LogP contribution in [0.2, 0.25) is 0 Å². The minimum Gasteiger partial charge on any atom is -0.471 e. The smallest absolute Gasteiger partial charge is 0.286 e. The van der Waals surface area contributed by atoms with Crippen LogP contribution in [0.1, 0.15) is 0 Å². The molecule has 1 rings (SSSR count). The molecule has 1 heterocycles. The van der Waals surface area contributed by atoms with E-state index in [0.29, 0.717) is 0 Å². The van der Waals surface area contributed by atoms with Gasteiger partial charge in [0.25, 0.3) is 30.0 Å². The zero-order valence-corrected chi connectivity index (χ0v) is 14.0. The van der Waals surface area contributed by atoms with Gasteiger partial charge < -0.3 is 16.5 Å². The zero-order chi connectivity index (χ0) is 6.95. The summed E-state index contributed by atoms with van der Waals surface area (Å²) < 4.78 is 19.3. The van der Waals surface area contributed by atoms with Crippen molar-refractivity contribution in [2.75, 3.05) is 0 Å². The second kappa shape index (κ2) is 8.92. The quantitative estimate of drug-likeness (QED) is 0.379. The highest BCUT2D eigenvalue weighted by Gasteiger charge is 1.96. The van der Waals surface area contributed by atoms with Crippen molar-refractivity contribution in [3.63, 3.8) is 0 Å². The Hall–Kier alpha value is 0.924. The van der Waals surface area contributed by atoms with E-state index in [1.54, 1.807) is 0 Å². The van der Waals surface area contributed by atoms with E-state index in [-0.39, 0.29) is 0 Å². The highest BCUT2D eigenvalue weighted by molar-refractivity contribution is 6.50. The molecular formula is H12O4Si5. The van der Waals surface area contributed by atoms with Crippen LogP contribution in [0, 0.1) is 0 Å². The molecule has 0 aliphatic carbocycles. The summed E-state index contributed by atoms with van der Waals surface area (Å²) in [7, 11) is 0.382. The molecule has 1 fully saturated rings. The van der Waals surface area contributed by atoms with Crippen molar-refractivity contribution in [2.24, 2.45) is 0 Å². The molecule has 0 N–H and O–H groups in total. The van der Waals surface area contributed by atoms with Crippen LogP contribution in [0.15, 0.2) is 0 Å². The Morgan fingerprint density at radius 3 is 1.22 bits per heavy atom. The third-order valence-corrected chi connectivity index (χ3v) is 4.50. The fraction of sp³-hybridized carbons (Fsp3) is 0. The van der Waals surface area contributed by atoms with Gasteiger partial charge in [-0.25, -0.2) is 0 Å². The Morgan fingerprint density at radius 2 is 1.11 bits per heavy atom. The monoisotopic (exact) mass is 216 g/mol. The van der Waals surface area contributed by atoms with Crippen LogP contribution in [-0.2, 0) is 16.5 Å². The third-order valence-electron chi connectivity index (χ3n) is 0.500. The third kappa shape index (κ3) is 8.92. The molecule has 0 unspecified atom stereocenters. The van der Waals surface area contributed by atoms with Crippen LogP contribution in [-0.4, -0.2) is 51.0 Å². The van der Waals surface area contributed by atoms with E-state index < -0.39 is 30.0 Å². The highest BCUT2D eigenvalue weighted by Crippen LogP contribution is 1.78. The largest absolute Gasteiger partial charge is 0.471 e. The Balaban J connectivity index is 0.000000187. The van der Waals surface area contributed by atoms with Gasteiger partial charge in [-0.05, 0) is 0 Å². The first-order chi connectivity index (χ1) is 4.41. The van der Waals surface area contributed by atoms with Crippen LogP contribution in [0.5, 0.6) is 0 Å². The minimum atomic E-state index is -0.493. The molecule has 0 radical (unpaired) electrons. The molecule has 1 aliphatic heterocycles. The molecule has 56 valence electrons. The van der Waals surface area contributed by atoms with E-state index in [1.165, 1.54) is 0 Å². The van der Waals surface area contributed by atoms with Gasteiger partial charge in [0.2, 0.25) is 0 Å². The van der Waals surface area contributed by atoms with Crippen molar-refractivity contribution in [2.45, 2.75) is 0 Å². The summed E-state index contributed by atoms with van der Waals surface area (Å²) in [6, 6.07) is 0.